The van der Waals surface area contributed by atoms with Crippen molar-refractivity contribution in [2.24, 2.45) is 0 Å². The molecule has 0 aliphatic heterocycles. The lowest BCUT2D eigenvalue weighted by atomic mass is 9.75. The lowest BCUT2D eigenvalue weighted by molar-refractivity contribution is -0.127. The van der Waals surface area contributed by atoms with Crippen LogP contribution in [0.4, 0.5) is 0 Å². The van der Waals surface area contributed by atoms with Gasteiger partial charge in [-0.1, -0.05) is 84.4 Å². The summed E-state index contributed by atoms with van der Waals surface area (Å²) in [5.41, 5.74) is 3.83. The van der Waals surface area contributed by atoms with Crippen LogP contribution in [0.2, 0.25) is 5.02 Å². The Balaban J connectivity index is 1.19. The molecule has 0 saturated heterocycles. The van der Waals surface area contributed by atoms with Crippen molar-refractivity contribution in [3.8, 4) is 0 Å². The van der Waals surface area contributed by atoms with E-state index in [1.54, 1.807) is 0 Å². The Morgan fingerprint density at radius 1 is 0.850 bits per heavy atom. The molecule has 0 spiro atoms. The molecule has 0 bridgehead atoms. The van der Waals surface area contributed by atoms with E-state index in [4.69, 9.17) is 11.6 Å². The number of rotatable bonds is 12. The Morgan fingerprint density at radius 3 is 1.95 bits per heavy atom. The van der Waals surface area contributed by atoms with Crippen molar-refractivity contribution >= 4 is 23.4 Å². The fourth-order valence-electron chi connectivity index (χ4n) is 5.93. The van der Waals surface area contributed by atoms with Gasteiger partial charge in [0.15, 0.2) is 0 Å². The third kappa shape index (κ3) is 8.42. The van der Waals surface area contributed by atoms with Crippen LogP contribution in [-0.2, 0) is 16.0 Å². The summed E-state index contributed by atoms with van der Waals surface area (Å²) in [4.78, 5) is 27.6. The lowest BCUT2D eigenvalue weighted by Gasteiger charge is -2.45. The van der Waals surface area contributed by atoms with Crippen LogP contribution in [-0.4, -0.2) is 48.9 Å². The third-order valence-electron chi connectivity index (χ3n) is 8.41. The van der Waals surface area contributed by atoms with Crippen LogP contribution in [0.5, 0.6) is 0 Å². The lowest BCUT2D eigenvalue weighted by Crippen LogP contribution is -2.52. The number of hydrogen-bond donors (Lipinski definition) is 2. The zero-order chi connectivity index (χ0) is 28.4. The average molecular weight is 560 g/mol. The molecule has 2 amide bonds. The Morgan fingerprint density at radius 2 is 1.40 bits per heavy atom. The van der Waals surface area contributed by atoms with E-state index < -0.39 is 0 Å². The van der Waals surface area contributed by atoms with Gasteiger partial charge in [-0.2, -0.15) is 0 Å². The van der Waals surface area contributed by atoms with Gasteiger partial charge in [-0.25, -0.2) is 0 Å². The molecule has 1 saturated carbocycles. The number of hydrogen-bond acceptors (Lipinski definition) is 3. The zero-order valence-electron chi connectivity index (χ0n) is 23.7. The zero-order valence-corrected chi connectivity index (χ0v) is 24.5. The summed E-state index contributed by atoms with van der Waals surface area (Å²) in [6, 6.07) is 29.1. The van der Waals surface area contributed by atoms with Gasteiger partial charge in [0.25, 0.3) is 0 Å². The first-order valence-corrected chi connectivity index (χ1v) is 14.8. The molecule has 1 aliphatic rings. The molecule has 6 heteroatoms. The molecular weight excluding hydrogens is 518 g/mol. The van der Waals surface area contributed by atoms with Crippen molar-refractivity contribution in [1.29, 1.82) is 0 Å². The molecule has 0 atom stereocenters. The third-order valence-corrected chi connectivity index (χ3v) is 8.67. The van der Waals surface area contributed by atoms with E-state index >= 15 is 0 Å². The van der Waals surface area contributed by atoms with Crippen molar-refractivity contribution in [2.75, 3.05) is 20.6 Å². The summed E-state index contributed by atoms with van der Waals surface area (Å²) < 4.78 is 0. The van der Waals surface area contributed by atoms with Crippen LogP contribution in [0.1, 0.15) is 67.6 Å². The van der Waals surface area contributed by atoms with Gasteiger partial charge in [0, 0.05) is 41.9 Å². The van der Waals surface area contributed by atoms with Crippen LogP contribution < -0.4 is 10.6 Å². The van der Waals surface area contributed by atoms with E-state index in [0.717, 1.165) is 43.5 Å². The number of nitrogens with one attached hydrogen (secondary N) is 2. The topological polar surface area (TPSA) is 61.4 Å². The molecule has 212 valence electrons. The van der Waals surface area contributed by atoms with E-state index in [0.29, 0.717) is 6.54 Å². The molecule has 40 heavy (non-hydrogen) atoms. The molecule has 2 N–H and O–H groups in total. The quantitative estimate of drug-likeness (QED) is 0.271. The van der Waals surface area contributed by atoms with Crippen LogP contribution in [0, 0.1) is 0 Å². The minimum absolute atomic E-state index is 0.0401. The standard InChI is InChI=1S/C34H42ClN3O2/c1-38(2)34(25-26-13-15-29(35)16-14-26)22-19-30(20-23-34)37-33(40)18-17-32(39)36-24-21-31(27-9-5-3-6-10-27)28-11-7-4-8-12-28/h3-16,30-31H,17-25H2,1-2H3,(H,36,39)(H,37,40). The molecule has 3 aromatic carbocycles. The van der Waals surface area contributed by atoms with E-state index in [2.05, 4.69) is 90.3 Å². The minimum atomic E-state index is -0.0757. The maximum absolute atomic E-state index is 12.7. The van der Waals surface area contributed by atoms with Crippen LogP contribution in [0.15, 0.2) is 84.9 Å². The molecule has 0 heterocycles. The van der Waals surface area contributed by atoms with Crippen molar-refractivity contribution < 1.29 is 9.59 Å². The maximum atomic E-state index is 12.7. The van der Waals surface area contributed by atoms with Crippen molar-refractivity contribution in [2.45, 2.75) is 68.9 Å². The molecule has 0 radical (unpaired) electrons. The second kappa shape index (κ2) is 14.5. The predicted octanol–water partition coefficient (Wildman–Crippen LogP) is 6.36. The molecule has 0 aromatic heterocycles. The minimum Gasteiger partial charge on any atom is -0.356 e. The molecule has 4 rings (SSSR count). The monoisotopic (exact) mass is 559 g/mol. The highest BCUT2D eigenvalue weighted by Gasteiger charge is 2.37. The summed E-state index contributed by atoms with van der Waals surface area (Å²) in [6.45, 7) is 0.567. The average Bonchev–Trinajstić information content (AvgIpc) is 2.97. The van der Waals surface area contributed by atoms with E-state index in [9.17, 15) is 9.59 Å². The Hall–Kier alpha value is -3.15. The van der Waals surface area contributed by atoms with Gasteiger partial charge in [-0.15, -0.1) is 0 Å². The molecular formula is C34H42ClN3O2. The van der Waals surface area contributed by atoms with Gasteiger partial charge in [-0.3, -0.25) is 9.59 Å². The maximum Gasteiger partial charge on any atom is 0.220 e. The fraction of sp³-hybridized carbons (Fsp3) is 0.412. The first kappa shape index (κ1) is 29.8. The summed E-state index contributed by atoms with van der Waals surface area (Å²) >= 11 is 6.07. The summed E-state index contributed by atoms with van der Waals surface area (Å²) in [5.74, 6) is 0.0983. The number of nitrogens with zero attached hydrogens (tertiary/aromatic N) is 1. The van der Waals surface area contributed by atoms with Crippen molar-refractivity contribution in [3.63, 3.8) is 0 Å². The largest absolute Gasteiger partial charge is 0.356 e. The summed E-state index contributed by atoms with van der Waals surface area (Å²) in [6.07, 6.45) is 6.08. The van der Waals surface area contributed by atoms with Gasteiger partial charge in [0.2, 0.25) is 11.8 Å². The first-order valence-electron chi connectivity index (χ1n) is 14.4. The Bertz CT molecular complexity index is 1170. The second-order valence-corrected chi connectivity index (χ2v) is 11.7. The summed E-state index contributed by atoms with van der Waals surface area (Å²) in [7, 11) is 4.30. The molecule has 3 aromatic rings. The predicted molar refractivity (Wildman–Crippen MR) is 164 cm³/mol. The van der Waals surface area contributed by atoms with Gasteiger partial charge < -0.3 is 15.5 Å². The molecule has 1 aliphatic carbocycles. The fourth-order valence-corrected chi connectivity index (χ4v) is 6.06. The number of amides is 2. The van der Waals surface area contributed by atoms with Gasteiger partial charge in [0.1, 0.15) is 0 Å². The SMILES string of the molecule is CN(C)C1(Cc2ccc(Cl)cc2)CCC(NC(=O)CCC(=O)NCCC(c2ccccc2)c2ccccc2)CC1. The normalized spacial score (nSPS) is 19.0. The Labute approximate surface area is 244 Å². The highest BCUT2D eigenvalue weighted by atomic mass is 35.5. The number of halogens is 1. The molecule has 1 fully saturated rings. The van der Waals surface area contributed by atoms with Gasteiger partial charge in [-0.05, 0) is 81.4 Å². The Kier molecular flexibility index (Phi) is 10.8. The van der Waals surface area contributed by atoms with E-state index in [1.165, 1.54) is 16.7 Å². The number of benzene rings is 3. The van der Waals surface area contributed by atoms with Gasteiger partial charge in [0.05, 0.1) is 0 Å². The summed E-state index contributed by atoms with van der Waals surface area (Å²) in [5, 5.41) is 6.97. The molecule has 5 nitrogen and oxygen atoms in total. The van der Waals surface area contributed by atoms with Crippen LogP contribution in [0.25, 0.3) is 0 Å². The van der Waals surface area contributed by atoms with Crippen LogP contribution in [0.3, 0.4) is 0 Å². The second-order valence-electron chi connectivity index (χ2n) is 11.3. The number of carbonyl (C=O) groups is 2. The van der Waals surface area contributed by atoms with E-state index in [1.807, 2.05) is 24.3 Å². The first-order chi connectivity index (χ1) is 19.3. The number of carbonyl (C=O) groups excluding carboxylic acids is 2. The van der Waals surface area contributed by atoms with Crippen molar-refractivity contribution in [3.05, 3.63) is 107 Å². The molecule has 0 unspecified atom stereocenters. The number of likely N-dealkylation sites (N-methyl/N-ethyl adjacent to an activating group) is 1. The highest BCUT2D eigenvalue weighted by Crippen LogP contribution is 2.36. The van der Waals surface area contributed by atoms with Crippen molar-refractivity contribution in [1.82, 2.24) is 15.5 Å². The highest BCUT2D eigenvalue weighted by molar-refractivity contribution is 6.30. The van der Waals surface area contributed by atoms with Crippen LogP contribution >= 0.6 is 11.6 Å². The van der Waals surface area contributed by atoms with Gasteiger partial charge >= 0.3 is 0 Å². The van der Waals surface area contributed by atoms with E-state index in [-0.39, 0.29) is 42.2 Å². The smallest absolute Gasteiger partial charge is 0.220 e.